The molecule has 1 saturated carbocycles. The highest BCUT2D eigenvalue weighted by molar-refractivity contribution is 7.18. The molecule has 3 nitrogen and oxygen atoms in total. The van der Waals surface area contributed by atoms with E-state index in [4.69, 9.17) is 0 Å². The van der Waals surface area contributed by atoms with E-state index in [1.165, 1.54) is 40.8 Å². The molecule has 3 rings (SSSR count). The van der Waals surface area contributed by atoms with Crippen LogP contribution in [0.15, 0.2) is 6.33 Å². The summed E-state index contributed by atoms with van der Waals surface area (Å²) in [4.78, 5) is 11.6. The molecule has 1 fully saturated rings. The first-order valence-corrected chi connectivity index (χ1v) is 8.45. The van der Waals surface area contributed by atoms with Gasteiger partial charge < -0.3 is 5.32 Å². The highest BCUT2D eigenvalue weighted by Crippen LogP contribution is 2.36. The van der Waals surface area contributed by atoms with Crippen molar-refractivity contribution in [3.63, 3.8) is 0 Å². The molecule has 2 heterocycles. The van der Waals surface area contributed by atoms with Crippen molar-refractivity contribution in [2.45, 2.75) is 52.5 Å². The summed E-state index contributed by atoms with van der Waals surface area (Å²) in [5.41, 5.74) is 2.60. The number of hydrogen-bond donors (Lipinski definition) is 1. The first kappa shape index (κ1) is 14.0. The number of nitrogens with zero attached hydrogens (tertiary/aromatic N) is 2. The number of rotatable bonds is 6. The van der Waals surface area contributed by atoms with Crippen LogP contribution in [0.5, 0.6) is 0 Å². The van der Waals surface area contributed by atoms with Crippen molar-refractivity contribution >= 4 is 21.6 Å². The van der Waals surface area contributed by atoms with Crippen LogP contribution in [0, 0.1) is 19.8 Å². The van der Waals surface area contributed by atoms with E-state index in [1.54, 1.807) is 17.7 Å². The van der Waals surface area contributed by atoms with E-state index >= 15 is 0 Å². The van der Waals surface area contributed by atoms with Gasteiger partial charge >= 0.3 is 0 Å². The second kappa shape index (κ2) is 5.78. The molecule has 0 spiro atoms. The summed E-state index contributed by atoms with van der Waals surface area (Å²) in [6, 6.07) is 0.590. The Morgan fingerprint density at radius 2 is 2.15 bits per heavy atom. The number of nitrogens with one attached hydrogen (secondary N) is 1. The molecule has 4 heteroatoms. The van der Waals surface area contributed by atoms with Crippen molar-refractivity contribution in [1.82, 2.24) is 15.3 Å². The minimum absolute atomic E-state index is 0.590. The maximum atomic E-state index is 4.59. The Morgan fingerprint density at radius 1 is 1.35 bits per heavy atom. The Morgan fingerprint density at radius 3 is 2.85 bits per heavy atom. The topological polar surface area (TPSA) is 37.8 Å². The van der Waals surface area contributed by atoms with Gasteiger partial charge in [0.15, 0.2) is 0 Å². The highest BCUT2D eigenvalue weighted by atomic mass is 32.1. The molecular weight excluding hydrogens is 266 g/mol. The number of thiophene rings is 1. The number of aromatic nitrogens is 2. The second-order valence-corrected chi connectivity index (χ2v) is 7.09. The summed E-state index contributed by atoms with van der Waals surface area (Å²) in [6.45, 7) is 7.72. The van der Waals surface area contributed by atoms with Crippen molar-refractivity contribution in [2.24, 2.45) is 5.92 Å². The lowest BCUT2D eigenvalue weighted by Crippen LogP contribution is -2.34. The number of aryl methyl sites for hydroxylation is 2. The van der Waals surface area contributed by atoms with Gasteiger partial charge in [0, 0.05) is 22.7 Å². The molecule has 0 saturated heterocycles. The summed E-state index contributed by atoms with van der Waals surface area (Å²) >= 11 is 1.79. The van der Waals surface area contributed by atoms with Crippen LogP contribution in [0.4, 0.5) is 0 Å². The fourth-order valence-corrected chi connectivity index (χ4v) is 3.87. The quantitative estimate of drug-likeness (QED) is 0.882. The molecule has 1 unspecified atom stereocenters. The third-order valence-corrected chi connectivity index (χ3v) is 5.42. The maximum Gasteiger partial charge on any atom is 0.127 e. The SMILES string of the molecule is CCCNC(Cc1ncnc2sc(C)c(C)c12)C1CC1. The lowest BCUT2D eigenvalue weighted by atomic mass is 10.0. The molecular formula is C16H23N3S. The maximum absolute atomic E-state index is 4.59. The fourth-order valence-electron chi connectivity index (χ4n) is 2.85. The Labute approximate surface area is 124 Å². The standard InChI is InChI=1S/C16H23N3S/c1-4-7-17-13(12-5-6-12)8-14-15-10(2)11(3)20-16(15)19-9-18-14/h9,12-13,17H,4-8H2,1-3H3. The smallest absolute Gasteiger partial charge is 0.127 e. The summed E-state index contributed by atoms with van der Waals surface area (Å²) in [5, 5.41) is 5.02. The summed E-state index contributed by atoms with van der Waals surface area (Å²) in [6.07, 6.45) is 6.71. The number of fused-ring (bicyclic) bond motifs is 1. The van der Waals surface area contributed by atoms with Gasteiger partial charge in [-0.05, 0) is 51.1 Å². The van der Waals surface area contributed by atoms with Gasteiger partial charge in [-0.3, -0.25) is 0 Å². The molecule has 1 aliphatic rings. The van der Waals surface area contributed by atoms with Crippen LogP contribution in [0.25, 0.3) is 10.2 Å². The van der Waals surface area contributed by atoms with Crippen molar-refractivity contribution in [3.05, 3.63) is 22.5 Å². The van der Waals surface area contributed by atoms with Gasteiger partial charge in [0.25, 0.3) is 0 Å². The van der Waals surface area contributed by atoms with Crippen molar-refractivity contribution in [1.29, 1.82) is 0 Å². The molecule has 20 heavy (non-hydrogen) atoms. The molecule has 1 atom stereocenters. The summed E-state index contributed by atoms with van der Waals surface area (Å²) in [7, 11) is 0. The third-order valence-electron chi connectivity index (χ3n) is 4.30. The lowest BCUT2D eigenvalue weighted by Gasteiger charge is -2.18. The highest BCUT2D eigenvalue weighted by Gasteiger charge is 2.31. The third kappa shape index (κ3) is 2.72. The Balaban J connectivity index is 1.89. The molecule has 108 valence electrons. The average Bonchev–Trinajstić information content (AvgIpc) is 3.23. The second-order valence-electron chi connectivity index (χ2n) is 5.89. The monoisotopic (exact) mass is 289 g/mol. The van der Waals surface area contributed by atoms with Crippen LogP contribution >= 0.6 is 11.3 Å². The van der Waals surface area contributed by atoms with Gasteiger partial charge in [-0.25, -0.2) is 9.97 Å². The van der Waals surface area contributed by atoms with Crippen LogP contribution in [0.1, 0.15) is 42.3 Å². The normalized spacial score (nSPS) is 16.8. The molecule has 0 radical (unpaired) electrons. The zero-order chi connectivity index (χ0) is 14.1. The van der Waals surface area contributed by atoms with Gasteiger partial charge in [-0.2, -0.15) is 0 Å². The number of hydrogen-bond acceptors (Lipinski definition) is 4. The van der Waals surface area contributed by atoms with E-state index in [-0.39, 0.29) is 0 Å². The predicted octanol–water partition coefficient (Wildman–Crippen LogP) is 3.63. The molecule has 0 aliphatic heterocycles. The molecule has 1 aliphatic carbocycles. The van der Waals surface area contributed by atoms with Crippen LogP contribution in [-0.4, -0.2) is 22.6 Å². The molecule has 0 amide bonds. The van der Waals surface area contributed by atoms with E-state index in [1.807, 2.05) is 0 Å². The van der Waals surface area contributed by atoms with Gasteiger partial charge in [0.1, 0.15) is 11.2 Å². The van der Waals surface area contributed by atoms with Crippen LogP contribution < -0.4 is 5.32 Å². The minimum atomic E-state index is 0.590. The van der Waals surface area contributed by atoms with Crippen molar-refractivity contribution in [2.75, 3.05) is 6.54 Å². The van der Waals surface area contributed by atoms with Gasteiger partial charge in [-0.15, -0.1) is 11.3 Å². The first-order valence-electron chi connectivity index (χ1n) is 7.63. The van der Waals surface area contributed by atoms with E-state index in [0.717, 1.165) is 23.7 Å². The Hall–Kier alpha value is -1.00. The molecule has 0 aromatic carbocycles. The molecule has 2 aromatic heterocycles. The first-order chi connectivity index (χ1) is 9.70. The van der Waals surface area contributed by atoms with Crippen molar-refractivity contribution in [3.8, 4) is 0 Å². The minimum Gasteiger partial charge on any atom is -0.313 e. The fraction of sp³-hybridized carbons (Fsp3) is 0.625. The van der Waals surface area contributed by atoms with Crippen LogP contribution in [0.2, 0.25) is 0 Å². The average molecular weight is 289 g/mol. The van der Waals surface area contributed by atoms with Crippen LogP contribution in [0.3, 0.4) is 0 Å². The van der Waals surface area contributed by atoms with Crippen LogP contribution in [-0.2, 0) is 6.42 Å². The molecule has 0 bridgehead atoms. The van der Waals surface area contributed by atoms with E-state index in [2.05, 4.69) is 36.1 Å². The van der Waals surface area contributed by atoms with E-state index < -0.39 is 0 Å². The Bertz CT molecular complexity index is 601. The summed E-state index contributed by atoms with van der Waals surface area (Å²) < 4.78 is 0. The van der Waals surface area contributed by atoms with Gasteiger partial charge in [0.05, 0.1) is 5.69 Å². The Kier molecular flexibility index (Phi) is 4.03. The van der Waals surface area contributed by atoms with E-state index in [0.29, 0.717) is 6.04 Å². The predicted molar refractivity (Wildman–Crippen MR) is 85.4 cm³/mol. The van der Waals surface area contributed by atoms with Gasteiger partial charge in [0.2, 0.25) is 0 Å². The molecule has 1 N–H and O–H groups in total. The van der Waals surface area contributed by atoms with Crippen molar-refractivity contribution < 1.29 is 0 Å². The summed E-state index contributed by atoms with van der Waals surface area (Å²) in [5.74, 6) is 0.853. The zero-order valence-corrected chi connectivity index (χ0v) is 13.4. The van der Waals surface area contributed by atoms with E-state index in [9.17, 15) is 0 Å². The lowest BCUT2D eigenvalue weighted by molar-refractivity contribution is 0.457. The van der Waals surface area contributed by atoms with Gasteiger partial charge in [-0.1, -0.05) is 6.92 Å². The largest absolute Gasteiger partial charge is 0.313 e. The zero-order valence-electron chi connectivity index (χ0n) is 12.6. The molecule has 2 aromatic rings.